The Bertz CT molecular complexity index is 1160. The van der Waals surface area contributed by atoms with Gasteiger partial charge in [-0.15, -0.1) is 0 Å². The predicted molar refractivity (Wildman–Crippen MR) is 136 cm³/mol. The van der Waals surface area contributed by atoms with E-state index < -0.39 is 11.9 Å². The second-order valence-electron chi connectivity index (χ2n) is 7.02. The number of hydrogen-bond acceptors (Lipinski definition) is 7. The maximum Gasteiger partial charge on any atom is 0.343 e. The van der Waals surface area contributed by atoms with E-state index in [-0.39, 0.29) is 12.4 Å². The molecule has 0 unspecified atom stereocenters. The maximum absolute atomic E-state index is 12.5. The first-order chi connectivity index (χ1) is 17.0. The second kappa shape index (κ2) is 13.1. The molecule has 0 saturated carbocycles. The number of benzene rings is 3. The van der Waals surface area contributed by atoms with Crippen LogP contribution in [0.4, 0.5) is 0 Å². The van der Waals surface area contributed by atoms with E-state index in [9.17, 15) is 9.59 Å². The molecule has 8 nitrogen and oxygen atoms in total. The minimum Gasteiger partial charge on any atom is -0.494 e. The van der Waals surface area contributed by atoms with Crippen LogP contribution in [-0.2, 0) is 4.79 Å². The molecule has 182 valence electrons. The fourth-order valence-corrected chi connectivity index (χ4v) is 3.13. The van der Waals surface area contributed by atoms with Crippen LogP contribution in [0.2, 0.25) is 0 Å². The molecular weight excluding hydrogens is 516 g/mol. The molecule has 1 amide bonds. The molecule has 0 aromatic heterocycles. The quantitative estimate of drug-likeness (QED) is 0.159. The van der Waals surface area contributed by atoms with Gasteiger partial charge in [0.15, 0.2) is 18.1 Å². The highest BCUT2D eigenvalue weighted by molar-refractivity contribution is 9.10. The molecule has 0 saturated heterocycles. The van der Waals surface area contributed by atoms with Gasteiger partial charge in [0.2, 0.25) is 0 Å². The van der Waals surface area contributed by atoms with Crippen molar-refractivity contribution in [3.63, 3.8) is 0 Å². The van der Waals surface area contributed by atoms with Gasteiger partial charge in [-0.25, -0.2) is 10.2 Å². The summed E-state index contributed by atoms with van der Waals surface area (Å²) >= 11 is 3.34. The van der Waals surface area contributed by atoms with Crippen molar-refractivity contribution in [2.24, 2.45) is 5.10 Å². The Kier molecular flexibility index (Phi) is 9.68. The van der Waals surface area contributed by atoms with Crippen molar-refractivity contribution in [2.45, 2.75) is 13.8 Å². The fraction of sp³-hybridized carbons (Fsp3) is 0.192. The second-order valence-corrected chi connectivity index (χ2v) is 7.94. The van der Waals surface area contributed by atoms with Gasteiger partial charge in [-0.05, 0) is 86.1 Å². The number of hydrazone groups is 1. The van der Waals surface area contributed by atoms with Gasteiger partial charge in [-0.1, -0.05) is 15.9 Å². The van der Waals surface area contributed by atoms with Gasteiger partial charge in [0.25, 0.3) is 5.91 Å². The Hall–Kier alpha value is -3.85. The molecule has 0 aliphatic rings. The lowest BCUT2D eigenvalue weighted by atomic mass is 10.2. The Labute approximate surface area is 212 Å². The van der Waals surface area contributed by atoms with Crippen molar-refractivity contribution in [2.75, 3.05) is 19.8 Å². The molecule has 35 heavy (non-hydrogen) atoms. The van der Waals surface area contributed by atoms with E-state index in [0.29, 0.717) is 41.6 Å². The lowest BCUT2D eigenvalue weighted by molar-refractivity contribution is -0.123. The van der Waals surface area contributed by atoms with Crippen LogP contribution in [-0.4, -0.2) is 37.9 Å². The zero-order chi connectivity index (χ0) is 25.0. The van der Waals surface area contributed by atoms with E-state index in [1.807, 2.05) is 26.0 Å². The average molecular weight is 541 g/mol. The summed E-state index contributed by atoms with van der Waals surface area (Å²) in [5, 5.41) is 3.94. The highest BCUT2D eigenvalue weighted by atomic mass is 79.9. The number of carbonyl (C=O) groups excluding carboxylic acids is 2. The van der Waals surface area contributed by atoms with E-state index in [2.05, 4.69) is 26.5 Å². The van der Waals surface area contributed by atoms with Crippen LogP contribution in [0, 0.1) is 0 Å². The van der Waals surface area contributed by atoms with E-state index in [1.165, 1.54) is 6.21 Å². The van der Waals surface area contributed by atoms with Crippen LogP contribution in [0.5, 0.6) is 23.0 Å². The Morgan fingerprint density at radius 2 is 1.51 bits per heavy atom. The Morgan fingerprint density at radius 3 is 2.20 bits per heavy atom. The summed E-state index contributed by atoms with van der Waals surface area (Å²) in [6.07, 6.45) is 1.46. The highest BCUT2D eigenvalue weighted by Gasteiger charge is 2.13. The van der Waals surface area contributed by atoms with Crippen molar-refractivity contribution >= 4 is 34.0 Å². The van der Waals surface area contributed by atoms with Crippen molar-refractivity contribution in [3.8, 4) is 23.0 Å². The number of amides is 1. The van der Waals surface area contributed by atoms with Gasteiger partial charge in [-0.3, -0.25) is 4.79 Å². The Balaban J connectivity index is 1.58. The third-order valence-electron chi connectivity index (χ3n) is 4.46. The number of nitrogens with one attached hydrogen (secondary N) is 1. The molecule has 3 aromatic rings. The maximum atomic E-state index is 12.5. The van der Waals surface area contributed by atoms with Crippen molar-refractivity contribution in [1.82, 2.24) is 5.43 Å². The SMILES string of the molecule is CCOc1ccc(C(=O)Oc2ccc(/C=N\NC(=O)COc3ccc(Br)cc3)cc2OCC)cc1. The zero-order valence-electron chi connectivity index (χ0n) is 19.3. The summed E-state index contributed by atoms with van der Waals surface area (Å²) in [4.78, 5) is 24.5. The summed E-state index contributed by atoms with van der Waals surface area (Å²) in [7, 11) is 0. The summed E-state index contributed by atoms with van der Waals surface area (Å²) < 4.78 is 22.9. The standard InChI is InChI=1S/C26H25BrN2O6/c1-3-32-21-10-6-19(7-11-21)26(31)35-23-14-5-18(15-24(23)33-4-2)16-28-29-25(30)17-34-22-12-8-20(27)9-13-22/h5-16H,3-4,17H2,1-2H3,(H,29,30)/b28-16-. The smallest absolute Gasteiger partial charge is 0.343 e. The van der Waals surface area contributed by atoms with Crippen molar-refractivity contribution in [1.29, 1.82) is 0 Å². The number of ether oxygens (including phenoxy) is 4. The molecule has 3 rings (SSSR count). The summed E-state index contributed by atoms with van der Waals surface area (Å²) in [5.74, 6) is 0.970. The molecule has 0 aliphatic carbocycles. The zero-order valence-corrected chi connectivity index (χ0v) is 20.9. The first kappa shape index (κ1) is 25.8. The third kappa shape index (κ3) is 8.15. The lowest BCUT2D eigenvalue weighted by Gasteiger charge is -2.11. The van der Waals surface area contributed by atoms with Crippen LogP contribution < -0.4 is 24.4 Å². The van der Waals surface area contributed by atoms with Crippen LogP contribution in [0.15, 0.2) is 76.3 Å². The third-order valence-corrected chi connectivity index (χ3v) is 4.99. The monoisotopic (exact) mass is 540 g/mol. The van der Waals surface area contributed by atoms with Gasteiger partial charge < -0.3 is 18.9 Å². The number of nitrogens with zero attached hydrogens (tertiary/aromatic N) is 1. The van der Waals surface area contributed by atoms with E-state index in [0.717, 1.165) is 4.47 Å². The van der Waals surface area contributed by atoms with E-state index in [4.69, 9.17) is 18.9 Å². The summed E-state index contributed by atoms with van der Waals surface area (Å²) in [5.41, 5.74) is 3.43. The Morgan fingerprint density at radius 1 is 0.857 bits per heavy atom. The number of carbonyl (C=O) groups is 2. The highest BCUT2D eigenvalue weighted by Crippen LogP contribution is 2.29. The van der Waals surface area contributed by atoms with Crippen molar-refractivity contribution in [3.05, 3.63) is 82.3 Å². The van der Waals surface area contributed by atoms with Crippen molar-refractivity contribution < 1.29 is 28.5 Å². The topological polar surface area (TPSA) is 95.5 Å². The van der Waals surface area contributed by atoms with E-state index >= 15 is 0 Å². The van der Waals surface area contributed by atoms with Gasteiger partial charge in [0, 0.05) is 4.47 Å². The van der Waals surface area contributed by atoms with Gasteiger partial charge >= 0.3 is 5.97 Å². The van der Waals surface area contributed by atoms with Gasteiger partial charge in [0.05, 0.1) is 25.0 Å². The molecule has 1 N–H and O–H groups in total. The molecule has 0 aliphatic heterocycles. The molecule has 0 heterocycles. The molecule has 0 spiro atoms. The van der Waals surface area contributed by atoms with E-state index in [1.54, 1.807) is 54.6 Å². The predicted octanol–water partition coefficient (Wildman–Crippen LogP) is 4.99. The normalized spacial score (nSPS) is 10.6. The number of halogens is 1. The molecule has 0 atom stereocenters. The molecule has 0 bridgehead atoms. The first-order valence-corrected chi connectivity index (χ1v) is 11.7. The molecule has 0 fully saturated rings. The van der Waals surface area contributed by atoms with Gasteiger partial charge in [0.1, 0.15) is 11.5 Å². The molecule has 9 heteroatoms. The minimum atomic E-state index is -0.520. The number of hydrogen-bond donors (Lipinski definition) is 1. The van der Waals surface area contributed by atoms with Crippen LogP contribution >= 0.6 is 15.9 Å². The molecule has 0 radical (unpaired) electrons. The number of esters is 1. The largest absolute Gasteiger partial charge is 0.494 e. The lowest BCUT2D eigenvalue weighted by Crippen LogP contribution is -2.24. The fourth-order valence-electron chi connectivity index (χ4n) is 2.86. The molecular formula is C26H25BrN2O6. The van der Waals surface area contributed by atoms with Crippen LogP contribution in [0.1, 0.15) is 29.8 Å². The molecule has 3 aromatic carbocycles. The van der Waals surface area contributed by atoms with Crippen LogP contribution in [0.25, 0.3) is 0 Å². The summed E-state index contributed by atoms with van der Waals surface area (Å²) in [6.45, 7) is 4.45. The number of rotatable bonds is 11. The summed E-state index contributed by atoms with van der Waals surface area (Å²) in [6, 6.07) is 18.8. The first-order valence-electron chi connectivity index (χ1n) is 10.9. The van der Waals surface area contributed by atoms with Crippen LogP contribution in [0.3, 0.4) is 0 Å². The van der Waals surface area contributed by atoms with Gasteiger partial charge in [-0.2, -0.15) is 5.10 Å². The minimum absolute atomic E-state index is 0.177. The average Bonchev–Trinajstić information content (AvgIpc) is 2.86.